The third kappa shape index (κ3) is 4.46. The van der Waals surface area contributed by atoms with E-state index in [9.17, 15) is 13.9 Å². The topological polar surface area (TPSA) is 50.9 Å². The van der Waals surface area contributed by atoms with Crippen molar-refractivity contribution in [1.29, 1.82) is 0 Å². The van der Waals surface area contributed by atoms with Gasteiger partial charge in [-0.15, -0.1) is 0 Å². The molecule has 0 unspecified atom stereocenters. The summed E-state index contributed by atoms with van der Waals surface area (Å²) >= 11 is 0. The fourth-order valence-corrected chi connectivity index (χ4v) is 3.08. The minimum absolute atomic E-state index is 0.00982. The lowest BCUT2D eigenvalue weighted by molar-refractivity contribution is -0.0379. The van der Waals surface area contributed by atoms with Crippen LogP contribution in [0.5, 0.6) is 0 Å². The molecule has 140 valence electrons. The molecule has 0 spiro atoms. The lowest BCUT2D eigenvalue weighted by Gasteiger charge is -2.34. The first kappa shape index (κ1) is 18.9. The van der Waals surface area contributed by atoms with Gasteiger partial charge in [0.25, 0.3) is 0 Å². The van der Waals surface area contributed by atoms with E-state index in [1.54, 1.807) is 0 Å². The number of benzene rings is 2. The van der Waals surface area contributed by atoms with Crippen molar-refractivity contribution in [3.63, 3.8) is 0 Å². The summed E-state index contributed by atoms with van der Waals surface area (Å²) in [4.78, 5) is 3.87. The molecule has 0 amide bonds. The van der Waals surface area contributed by atoms with Gasteiger partial charge in [0.1, 0.15) is 29.9 Å². The lowest BCUT2D eigenvalue weighted by atomic mass is 9.80. The molecule has 0 fully saturated rings. The van der Waals surface area contributed by atoms with Crippen molar-refractivity contribution < 1.29 is 13.9 Å². The first-order valence-electron chi connectivity index (χ1n) is 8.71. The summed E-state index contributed by atoms with van der Waals surface area (Å²) in [6, 6.07) is 13.0. The third-order valence-corrected chi connectivity index (χ3v) is 4.68. The Labute approximate surface area is 156 Å². The van der Waals surface area contributed by atoms with E-state index in [1.165, 1.54) is 23.4 Å². The van der Waals surface area contributed by atoms with Gasteiger partial charge in [-0.25, -0.2) is 18.4 Å². The Morgan fingerprint density at radius 2 is 1.96 bits per heavy atom. The smallest absolute Gasteiger partial charge is 0.137 e. The summed E-state index contributed by atoms with van der Waals surface area (Å²) in [5.74, 6) is -1.82. The highest BCUT2D eigenvalue weighted by Gasteiger charge is 2.38. The van der Waals surface area contributed by atoms with Gasteiger partial charge in [0.15, 0.2) is 0 Å². The molecule has 2 atom stereocenters. The first-order chi connectivity index (χ1) is 13.0. The highest BCUT2D eigenvalue weighted by molar-refractivity contribution is 5.48. The number of rotatable bonds is 7. The van der Waals surface area contributed by atoms with Crippen LogP contribution in [0.4, 0.5) is 8.78 Å². The van der Waals surface area contributed by atoms with Gasteiger partial charge >= 0.3 is 0 Å². The van der Waals surface area contributed by atoms with Crippen LogP contribution in [0.1, 0.15) is 24.5 Å². The zero-order chi connectivity index (χ0) is 19.3. The number of hydrogen-bond donors (Lipinski definition) is 1. The van der Waals surface area contributed by atoms with Gasteiger partial charge in [0, 0.05) is 11.6 Å². The fraction of sp³-hybridized carbons (Fsp3) is 0.238. The quantitative estimate of drug-likeness (QED) is 0.680. The molecule has 1 N–H and O–H groups in total. The number of allylic oxidation sites excluding steroid dienone is 1. The molecular weight excluding hydrogens is 348 g/mol. The van der Waals surface area contributed by atoms with Crippen molar-refractivity contribution in [2.75, 3.05) is 0 Å². The molecular formula is C21H21F2N3O. The van der Waals surface area contributed by atoms with Gasteiger partial charge in [0.05, 0.1) is 6.54 Å². The van der Waals surface area contributed by atoms with Crippen LogP contribution in [0, 0.1) is 17.6 Å². The molecule has 0 saturated carbocycles. The molecule has 1 heterocycles. The Morgan fingerprint density at radius 1 is 1.19 bits per heavy atom. The molecule has 0 bridgehead atoms. The standard InChI is InChI=1S/C21H21F2N3O/c1-16(6-5-9-17-7-3-2-4-8-17)21(27,13-26-15-24-14-25-26)19-11-10-18(22)12-20(19)23/h2-5,7-12,14-16,27H,6,13H2,1H3/b9-5+/t16-,21+/m0/s1. The fourth-order valence-electron chi connectivity index (χ4n) is 3.08. The van der Waals surface area contributed by atoms with E-state index in [0.29, 0.717) is 6.42 Å². The molecule has 2 aromatic carbocycles. The van der Waals surface area contributed by atoms with Crippen LogP contribution in [0.15, 0.2) is 67.3 Å². The summed E-state index contributed by atoms with van der Waals surface area (Å²) in [6.07, 6.45) is 7.19. The molecule has 27 heavy (non-hydrogen) atoms. The molecule has 0 radical (unpaired) electrons. The molecule has 0 aliphatic rings. The van der Waals surface area contributed by atoms with E-state index in [4.69, 9.17) is 0 Å². The Balaban J connectivity index is 1.87. The molecule has 0 aliphatic carbocycles. The third-order valence-electron chi connectivity index (χ3n) is 4.68. The number of nitrogens with zero attached hydrogens (tertiary/aromatic N) is 3. The summed E-state index contributed by atoms with van der Waals surface area (Å²) in [5.41, 5.74) is -0.496. The molecule has 0 aliphatic heterocycles. The van der Waals surface area contributed by atoms with E-state index in [1.807, 2.05) is 49.4 Å². The van der Waals surface area contributed by atoms with Crippen LogP contribution in [0.25, 0.3) is 6.08 Å². The maximum atomic E-state index is 14.5. The SMILES string of the molecule is C[C@@H](C/C=C/c1ccccc1)[C@](O)(Cn1cncn1)c1ccc(F)cc1F. The van der Waals surface area contributed by atoms with Crippen LogP contribution in [-0.2, 0) is 12.1 Å². The maximum Gasteiger partial charge on any atom is 0.137 e. The number of aromatic nitrogens is 3. The Hall–Kier alpha value is -2.86. The Kier molecular flexibility index (Phi) is 5.76. The van der Waals surface area contributed by atoms with Gasteiger partial charge in [-0.05, 0) is 24.0 Å². The molecule has 4 nitrogen and oxygen atoms in total. The second-order valence-electron chi connectivity index (χ2n) is 6.59. The van der Waals surface area contributed by atoms with Gasteiger partial charge in [-0.3, -0.25) is 0 Å². The van der Waals surface area contributed by atoms with Crippen molar-refractivity contribution in [2.45, 2.75) is 25.5 Å². The second kappa shape index (κ2) is 8.22. The van der Waals surface area contributed by atoms with Crippen molar-refractivity contribution in [3.8, 4) is 0 Å². The predicted molar refractivity (Wildman–Crippen MR) is 99.5 cm³/mol. The monoisotopic (exact) mass is 369 g/mol. The van der Waals surface area contributed by atoms with Crippen LogP contribution >= 0.6 is 0 Å². The summed E-state index contributed by atoms with van der Waals surface area (Å²) in [5, 5.41) is 15.4. The molecule has 0 saturated heterocycles. The summed E-state index contributed by atoms with van der Waals surface area (Å²) in [7, 11) is 0. The van der Waals surface area contributed by atoms with E-state index in [-0.39, 0.29) is 18.0 Å². The van der Waals surface area contributed by atoms with Crippen molar-refractivity contribution >= 4 is 6.08 Å². The number of hydrogen-bond acceptors (Lipinski definition) is 3. The van der Waals surface area contributed by atoms with Crippen molar-refractivity contribution in [1.82, 2.24) is 14.8 Å². The normalized spacial score (nSPS) is 15.0. The predicted octanol–water partition coefficient (Wildman–Crippen LogP) is 4.18. The van der Waals surface area contributed by atoms with Gasteiger partial charge in [0.2, 0.25) is 0 Å². The highest BCUT2D eigenvalue weighted by Crippen LogP contribution is 2.35. The zero-order valence-corrected chi connectivity index (χ0v) is 15.0. The first-order valence-corrected chi connectivity index (χ1v) is 8.71. The van der Waals surface area contributed by atoms with Gasteiger partial charge < -0.3 is 5.11 Å². The molecule has 3 rings (SSSR count). The van der Waals surface area contributed by atoms with Crippen molar-refractivity contribution in [2.24, 2.45) is 5.92 Å². The minimum Gasteiger partial charge on any atom is -0.383 e. The number of aliphatic hydroxyl groups is 1. The van der Waals surface area contributed by atoms with E-state index < -0.39 is 17.2 Å². The maximum absolute atomic E-state index is 14.5. The Morgan fingerprint density at radius 3 is 2.63 bits per heavy atom. The second-order valence-corrected chi connectivity index (χ2v) is 6.59. The lowest BCUT2D eigenvalue weighted by Crippen LogP contribution is -2.39. The largest absolute Gasteiger partial charge is 0.383 e. The summed E-state index contributed by atoms with van der Waals surface area (Å²) < 4.78 is 29.2. The molecule has 6 heteroatoms. The van der Waals surface area contributed by atoms with E-state index in [0.717, 1.165) is 17.7 Å². The number of halogens is 2. The van der Waals surface area contributed by atoms with Crippen LogP contribution in [-0.4, -0.2) is 19.9 Å². The highest BCUT2D eigenvalue weighted by atomic mass is 19.1. The molecule has 3 aromatic rings. The Bertz CT molecular complexity index is 897. The van der Waals surface area contributed by atoms with Crippen molar-refractivity contribution in [3.05, 3.63) is 90.0 Å². The van der Waals surface area contributed by atoms with Gasteiger partial charge in [-0.2, -0.15) is 5.10 Å². The summed E-state index contributed by atoms with van der Waals surface area (Å²) in [6.45, 7) is 1.84. The zero-order valence-electron chi connectivity index (χ0n) is 15.0. The molecule has 1 aromatic heterocycles. The van der Waals surface area contributed by atoms with Crippen LogP contribution in [0.2, 0.25) is 0 Å². The van der Waals surface area contributed by atoms with Crippen LogP contribution < -0.4 is 0 Å². The van der Waals surface area contributed by atoms with E-state index >= 15 is 0 Å². The average molecular weight is 369 g/mol. The van der Waals surface area contributed by atoms with Gasteiger partial charge in [-0.1, -0.05) is 55.5 Å². The minimum atomic E-state index is -1.58. The van der Waals surface area contributed by atoms with Crippen LogP contribution in [0.3, 0.4) is 0 Å². The van der Waals surface area contributed by atoms with E-state index in [2.05, 4.69) is 10.1 Å². The average Bonchev–Trinajstić information content (AvgIpc) is 3.15.